The van der Waals surface area contributed by atoms with E-state index in [0.29, 0.717) is 0 Å². The van der Waals surface area contributed by atoms with Crippen LogP contribution in [0.15, 0.2) is 36.4 Å². The molecule has 0 N–H and O–H groups in total. The maximum absolute atomic E-state index is 13.7. The minimum atomic E-state index is -0.667. The van der Waals surface area contributed by atoms with Crippen LogP contribution in [0.4, 0.5) is 8.78 Å². The number of rotatable bonds is 1. The summed E-state index contributed by atoms with van der Waals surface area (Å²) in [6.45, 7) is 0. The van der Waals surface area contributed by atoms with Crippen molar-refractivity contribution in [3.8, 4) is 17.2 Å². The van der Waals surface area contributed by atoms with Crippen molar-refractivity contribution in [3.63, 3.8) is 0 Å². The third-order valence-electron chi connectivity index (χ3n) is 2.35. The Labute approximate surface area is 102 Å². The van der Waals surface area contributed by atoms with E-state index >= 15 is 0 Å². The smallest absolute Gasteiger partial charge is 0.141 e. The Hall–Kier alpha value is -1.92. The number of nitrogens with zero attached hydrogens (tertiary/aromatic N) is 1. The fourth-order valence-corrected chi connectivity index (χ4v) is 1.73. The van der Waals surface area contributed by atoms with E-state index in [-0.39, 0.29) is 21.7 Å². The summed E-state index contributed by atoms with van der Waals surface area (Å²) in [4.78, 5) is 0. The van der Waals surface area contributed by atoms with E-state index in [4.69, 9.17) is 16.9 Å². The molecule has 2 aromatic rings. The maximum Gasteiger partial charge on any atom is 0.141 e. The summed E-state index contributed by atoms with van der Waals surface area (Å²) in [5.74, 6) is -1.25. The van der Waals surface area contributed by atoms with Gasteiger partial charge in [0.2, 0.25) is 0 Å². The molecule has 0 aliphatic heterocycles. The predicted octanol–water partition coefficient (Wildman–Crippen LogP) is 4.16. The van der Waals surface area contributed by atoms with Crippen molar-refractivity contribution < 1.29 is 8.78 Å². The van der Waals surface area contributed by atoms with E-state index in [2.05, 4.69) is 0 Å². The SMILES string of the molecule is N#Cc1c(F)cccc1-c1ccc(Cl)cc1F. The summed E-state index contributed by atoms with van der Waals surface area (Å²) < 4.78 is 27.0. The monoisotopic (exact) mass is 249 g/mol. The molecule has 0 saturated heterocycles. The summed E-state index contributed by atoms with van der Waals surface area (Å²) in [5, 5.41) is 9.12. The molecular weight excluding hydrogens is 244 g/mol. The van der Waals surface area contributed by atoms with Crippen LogP contribution in [0.3, 0.4) is 0 Å². The zero-order valence-electron chi connectivity index (χ0n) is 8.55. The topological polar surface area (TPSA) is 23.8 Å². The average molecular weight is 250 g/mol. The molecule has 0 amide bonds. The van der Waals surface area contributed by atoms with Crippen LogP contribution < -0.4 is 0 Å². The summed E-state index contributed by atoms with van der Waals surface area (Å²) in [7, 11) is 0. The van der Waals surface area contributed by atoms with Crippen molar-refractivity contribution in [3.05, 3.63) is 58.6 Å². The van der Waals surface area contributed by atoms with Crippen LogP contribution in [0.25, 0.3) is 11.1 Å². The Kier molecular flexibility index (Phi) is 3.08. The zero-order valence-corrected chi connectivity index (χ0v) is 9.30. The summed E-state index contributed by atoms with van der Waals surface area (Å²) >= 11 is 5.63. The lowest BCUT2D eigenvalue weighted by Gasteiger charge is -2.06. The highest BCUT2D eigenvalue weighted by Gasteiger charge is 2.13. The Bertz CT molecular complexity index is 617. The molecule has 0 bridgehead atoms. The molecule has 1 nitrogen and oxygen atoms in total. The molecule has 84 valence electrons. The first kappa shape index (κ1) is 11.6. The first-order valence-corrected chi connectivity index (χ1v) is 5.15. The molecular formula is C13H6ClF2N. The highest BCUT2D eigenvalue weighted by molar-refractivity contribution is 6.30. The molecule has 4 heteroatoms. The molecule has 0 saturated carbocycles. The molecule has 17 heavy (non-hydrogen) atoms. The van der Waals surface area contributed by atoms with Crippen LogP contribution in [0.2, 0.25) is 5.02 Å². The Morgan fingerprint density at radius 2 is 1.76 bits per heavy atom. The Morgan fingerprint density at radius 3 is 2.41 bits per heavy atom. The van der Waals surface area contributed by atoms with Crippen LogP contribution in [0, 0.1) is 23.0 Å². The Morgan fingerprint density at radius 1 is 1.00 bits per heavy atom. The van der Waals surface area contributed by atoms with Gasteiger partial charge in [0.1, 0.15) is 17.7 Å². The van der Waals surface area contributed by atoms with Gasteiger partial charge in [0, 0.05) is 16.1 Å². The molecule has 2 aromatic carbocycles. The normalized spacial score (nSPS) is 10.0. The van der Waals surface area contributed by atoms with Gasteiger partial charge in [-0.05, 0) is 24.3 Å². The molecule has 0 spiro atoms. The lowest BCUT2D eigenvalue weighted by Crippen LogP contribution is -1.91. The minimum Gasteiger partial charge on any atom is -0.206 e. The molecule has 0 aromatic heterocycles. The van der Waals surface area contributed by atoms with E-state index in [9.17, 15) is 8.78 Å². The van der Waals surface area contributed by atoms with Gasteiger partial charge < -0.3 is 0 Å². The van der Waals surface area contributed by atoms with Crippen LogP contribution in [0.5, 0.6) is 0 Å². The largest absolute Gasteiger partial charge is 0.206 e. The fourth-order valence-electron chi connectivity index (χ4n) is 1.57. The molecule has 0 atom stereocenters. The number of halogens is 3. The van der Waals surface area contributed by atoms with E-state index in [1.165, 1.54) is 24.3 Å². The van der Waals surface area contributed by atoms with Crippen LogP contribution in [0.1, 0.15) is 5.56 Å². The molecule has 0 heterocycles. The van der Waals surface area contributed by atoms with Gasteiger partial charge in [0.15, 0.2) is 0 Å². The highest BCUT2D eigenvalue weighted by Crippen LogP contribution is 2.29. The Balaban J connectivity index is 2.69. The van der Waals surface area contributed by atoms with E-state index < -0.39 is 11.6 Å². The van der Waals surface area contributed by atoms with Gasteiger partial charge in [-0.1, -0.05) is 23.7 Å². The third kappa shape index (κ3) is 2.13. The van der Waals surface area contributed by atoms with Gasteiger partial charge >= 0.3 is 0 Å². The number of hydrogen-bond donors (Lipinski definition) is 0. The van der Waals surface area contributed by atoms with Crippen LogP contribution in [-0.2, 0) is 0 Å². The fraction of sp³-hybridized carbons (Fsp3) is 0. The molecule has 0 unspecified atom stereocenters. The summed E-state index contributed by atoms with van der Waals surface area (Å²) in [5.41, 5.74) is 0.209. The predicted molar refractivity (Wildman–Crippen MR) is 61.5 cm³/mol. The molecule has 0 fully saturated rings. The van der Waals surface area contributed by atoms with Crippen molar-refractivity contribution in [2.45, 2.75) is 0 Å². The average Bonchev–Trinajstić information content (AvgIpc) is 2.29. The molecule has 0 radical (unpaired) electrons. The molecule has 0 aliphatic carbocycles. The van der Waals surface area contributed by atoms with Gasteiger partial charge in [0.25, 0.3) is 0 Å². The van der Waals surface area contributed by atoms with Gasteiger partial charge in [-0.2, -0.15) is 5.26 Å². The highest BCUT2D eigenvalue weighted by atomic mass is 35.5. The van der Waals surface area contributed by atoms with Crippen molar-refractivity contribution >= 4 is 11.6 Å². The zero-order chi connectivity index (χ0) is 12.4. The second kappa shape index (κ2) is 4.52. The van der Waals surface area contributed by atoms with Crippen molar-refractivity contribution in [2.75, 3.05) is 0 Å². The molecule has 2 rings (SSSR count). The lowest BCUT2D eigenvalue weighted by atomic mass is 9.99. The minimum absolute atomic E-state index is 0.158. The van der Waals surface area contributed by atoms with Gasteiger partial charge in [-0.25, -0.2) is 8.78 Å². The van der Waals surface area contributed by atoms with Gasteiger partial charge in [-0.3, -0.25) is 0 Å². The third-order valence-corrected chi connectivity index (χ3v) is 2.58. The maximum atomic E-state index is 13.7. The summed E-state index contributed by atoms with van der Waals surface area (Å²) in [6, 6.07) is 9.86. The van der Waals surface area contributed by atoms with E-state index in [1.54, 1.807) is 6.07 Å². The standard InChI is InChI=1S/C13H6ClF2N/c14-8-4-5-10(13(16)6-8)9-2-1-3-12(15)11(9)7-17/h1-6H. The molecule has 0 aliphatic rings. The first-order chi connectivity index (χ1) is 8.13. The van der Waals surface area contributed by atoms with Crippen molar-refractivity contribution in [1.82, 2.24) is 0 Å². The number of hydrogen-bond acceptors (Lipinski definition) is 1. The van der Waals surface area contributed by atoms with Gasteiger partial charge in [0.05, 0.1) is 5.56 Å². The first-order valence-electron chi connectivity index (χ1n) is 4.77. The van der Waals surface area contributed by atoms with Crippen molar-refractivity contribution in [2.24, 2.45) is 0 Å². The summed E-state index contributed by atoms with van der Waals surface area (Å²) in [6.07, 6.45) is 0. The quantitative estimate of drug-likeness (QED) is 0.745. The van der Waals surface area contributed by atoms with Crippen molar-refractivity contribution in [1.29, 1.82) is 5.26 Å². The number of nitriles is 1. The van der Waals surface area contributed by atoms with Crippen LogP contribution >= 0.6 is 11.6 Å². The van der Waals surface area contributed by atoms with E-state index in [0.717, 1.165) is 12.1 Å². The number of benzene rings is 2. The lowest BCUT2D eigenvalue weighted by molar-refractivity contribution is 0.621. The second-order valence-corrected chi connectivity index (χ2v) is 3.83. The van der Waals surface area contributed by atoms with Gasteiger partial charge in [-0.15, -0.1) is 0 Å². The second-order valence-electron chi connectivity index (χ2n) is 3.40. The van der Waals surface area contributed by atoms with E-state index in [1.807, 2.05) is 0 Å². The van der Waals surface area contributed by atoms with Crippen LogP contribution in [-0.4, -0.2) is 0 Å².